The van der Waals surface area contributed by atoms with E-state index in [0.29, 0.717) is 14.9 Å². The molecule has 0 fully saturated rings. The zero-order valence-electron chi connectivity index (χ0n) is 10.9. The Labute approximate surface area is 129 Å². The molecule has 4 nitrogen and oxygen atoms in total. The summed E-state index contributed by atoms with van der Waals surface area (Å²) in [5.74, 6) is -1.52. The average molecular weight is 328 g/mol. The van der Waals surface area contributed by atoms with Crippen LogP contribution in [0.25, 0.3) is 0 Å². The highest BCUT2D eigenvalue weighted by molar-refractivity contribution is 7.17. The highest BCUT2D eigenvalue weighted by Crippen LogP contribution is 2.22. The molecule has 0 spiro atoms. The number of hydrogen-bond donors (Lipinski definition) is 1. The molecule has 0 aliphatic rings. The number of anilines is 1. The van der Waals surface area contributed by atoms with E-state index >= 15 is 0 Å². The molecular formula is C14H11ClFNO3S. The number of carbonyl (C=O) groups excluding carboxylic acids is 2. The van der Waals surface area contributed by atoms with Gasteiger partial charge in [-0.1, -0.05) is 11.6 Å². The van der Waals surface area contributed by atoms with E-state index in [1.54, 1.807) is 6.07 Å². The molecule has 1 atom stereocenters. The monoisotopic (exact) mass is 327 g/mol. The lowest BCUT2D eigenvalue weighted by Crippen LogP contribution is -2.29. The van der Waals surface area contributed by atoms with Crippen LogP contribution in [0.2, 0.25) is 4.34 Å². The van der Waals surface area contributed by atoms with Crippen LogP contribution in [0, 0.1) is 5.82 Å². The number of halogens is 2. The van der Waals surface area contributed by atoms with Crippen LogP contribution in [-0.4, -0.2) is 18.0 Å². The molecular weight excluding hydrogens is 317 g/mol. The van der Waals surface area contributed by atoms with Crippen molar-refractivity contribution in [3.8, 4) is 0 Å². The van der Waals surface area contributed by atoms with Gasteiger partial charge in [0, 0.05) is 5.69 Å². The Morgan fingerprint density at radius 1 is 1.24 bits per heavy atom. The third-order valence-electron chi connectivity index (χ3n) is 2.54. The van der Waals surface area contributed by atoms with E-state index < -0.39 is 23.8 Å². The predicted molar refractivity (Wildman–Crippen MR) is 79.2 cm³/mol. The largest absolute Gasteiger partial charge is 0.448 e. The van der Waals surface area contributed by atoms with E-state index in [1.165, 1.54) is 37.3 Å². The molecule has 7 heteroatoms. The van der Waals surface area contributed by atoms with Gasteiger partial charge in [-0.25, -0.2) is 9.18 Å². The first kappa shape index (κ1) is 15.5. The fraction of sp³-hybridized carbons (Fsp3) is 0.143. The van der Waals surface area contributed by atoms with Gasteiger partial charge in [0.2, 0.25) is 0 Å². The topological polar surface area (TPSA) is 55.4 Å². The summed E-state index contributed by atoms with van der Waals surface area (Å²) >= 11 is 6.80. The Morgan fingerprint density at radius 2 is 1.90 bits per heavy atom. The molecule has 1 amide bonds. The van der Waals surface area contributed by atoms with Gasteiger partial charge in [0.1, 0.15) is 10.7 Å². The van der Waals surface area contributed by atoms with Crippen molar-refractivity contribution in [3.05, 3.63) is 51.4 Å². The van der Waals surface area contributed by atoms with Crippen LogP contribution in [0.4, 0.5) is 10.1 Å². The number of rotatable bonds is 4. The van der Waals surface area contributed by atoms with Gasteiger partial charge in [-0.2, -0.15) is 0 Å². The van der Waals surface area contributed by atoms with Crippen molar-refractivity contribution in [2.45, 2.75) is 13.0 Å². The lowest BCUT2D eigenvalue weighted by Gasteiger charge is -2.12. The molecule has 0 radical (unpaired) electrons. The zero-order chi connectivity index (χ0) is 15.4. The molecule has 2 aromatic rings. The minimum Gasteiger partial charge on any atom is -0.448 e. The number of nitrogens with one attached hydrogen (secondary N) is 1. The Balaban J connectivity index is 1.93. The first-order valence-corrected chi connectivity index (χ1v) is 7.18. The van der Waals surface area contributed by atoms with Crippen LogP contribution in [0.1, 0.15) is 16.6 Å². The van der Waals surface area contributed by atoms with Crippen molar-refractivity contribution in [1.82, 2.24) is 0 Å². The SMILES string of the molecule is C[C@H](OC(=O)c1ccc(Cl)s1)C(=O)Nc1ccc(F)cc1. The van der Waals surface area contributed by atoms with Crippen molar-refractivity contribution < 1.29 is 18.7 Å². The van der Waals surface area contributed by atoms with Crippen molar-refractivity contribution >= 4 is 40.5 Å². The Morgan fingerprint density at radius 3 is 2.48 bits per heavy atom. The normalized spacial score (nSPS) is 11.8. The Hall–Kier alpha value is -1.92. The summed E-state index contributed by atoms with van der Waals surface area (Å²) in [4.78, 5) is 24.0. The lowest BCUT2D eigenvalue weighted by atomic mass is 10.3. The number of ether oxygens (including phenoxy) is 1. The minimum atomic E-state index is -0.983. The lowest BCUT2D eigenvalue weighted by molar-refractivity contribution is -0.123. The van der Waals surface area contributed by atoms with Crippen molar-refractivity contribution in [2.24, 2.45) is 0 Å². The molecule has 21 heavy (non-hydrogen) atoms. The van der Waals surface area contributed by atoms with E-state index in [-0.39, 0.29) is 0 Å². The van der Waals surface area contributed by atoms with Crippen molar-refractivity contribution in [1.29, 1.82) is 0 Å². The maximum atomic E-state index is 12.8. The summed E-state index contributed by atoms with van der Waals surface area (Å²) in [6.45, 7) is 1.45. The molecule has 0 aliphatic heterocycles. The van der Waals surface area contributed by atoms with Crippen molar-refractivity contribution in [2.75, 3.05) is 5.32 Å². The maximum absolute atomic E-state index is 12.8. The summed E-state index contributed by atoms with van der Waals surface area (Å²) in [7, 11) is 0. The molecule has 0 unspecified atom stereocenters. The fourth-order valence-electron chi connectivity index (χ4n) is 1.47. The number of carbonyl (C=O) groups is 2. The Bertz CT molecular complexity index is 656. The summed E-state index contributed by atoms with van der Waals surface area (Å²) in [5.41, 5.74) is 0.420. The smallest absolute Gasteiger partial charge is 0.349 e. The molecule has 0 saturated heterocycles. The molecule has 0 bridgehead atoms. The molecule has 1 N–H and O–H groups in total. The van der Waals surface area contributed by atoms with Gasteiger partial charge in [0.15, 0.2) is 6.10 Å². The second-order valence-corrected chi connectivity index (χ2v) is 5.86. The van der Waals surface area contributed by atoms with E-state index in [2.05, 4.69) is 5.32 Å². The number of thiophene rings is 1. The minimum absolute atomic E-state index is 0.321. The van der Waals surface area contributed by atoms with E-state index in [1.807, 2.05) is 0 Å². The van der Waals surface area contributed by atoms with Gasteiger partial charge in [-0.3, -0.25) is 4.79 Å². The van der Waals surface area contributed by atoms with Crippen LogP contribution in [0.3, 0.4) is 0 Å². The molecule has 0 aliphatic carbocycles. The maximum Gasteiger partial charge on any atom is 0.349 e. The second-order valence-electron chi connectivity index (χ2n) is 4.15. The standard InChI is InChI=1S/C14H11ClFNO3S/c1-8(20-14(19)11-6-7-12(15)21-11)13(18)17-10-4-2-9(16)3-5-10/h2-8H,1H3,(H,17,18)/t8-/m0/s1. The third-order valence-corrected chi connectivity index (χ3v) is 3.75. The number of amides is 1. The first-order chi connectivity index (χ1) is 9.95. The summed E-state index contributed by atoms with van der Waals surface area (Å²) < 4.78 is 18.3. The summed E-state index contributed by atoms with van der Waals surface area (Å²) in [5, 5.41) is 2.53. The number of hydrogen-bond acceptors (Lipinski definition) is 4. The quantitative estimate of drug-likeness (QED) is 0.871. The van der Waals surface area contributed by atoms with Gasteiger partial charge >= 0.3 is 5.97 Å². The number of esters is 1. The van der Waals surface area contributed by atoms with Gasteiger partial charge in [0.25, 0.3) is 5.91 Å². The highest BCUT2D eigenvalue weighted by Gasteiger charge is 2.20. The van der Waals surface area contributed by atoms with Gasteiger partial charge in [-0.05, 0) is 43.3 Å². The molecule has 2 rings (SSSR count). The number of benzene rings is 1. The van der Waals surface area contributed by atoms with Gasteiger partial charge < -0.3 is 10.1 Å². The van der Waals surface area contributed by atoms with Crippen molar-refractivity contribution in [3.63, 3.8) is 0 Å². The van der Waals surface area contributed by atoms with Gasteiger partial charge in [0.05, 0.1) is 4.34 Å². The second kappa shape index (κ2) is 6.69. The van der Waals surface area contributed by atoms with Crippen LogP contribution >= 0.6 is 22.9 Å². The van der Waals surface area contributed by atoms with Gasteiger partial charge in [-0.15, -0.1) is 11.3 Å². The highest BCUT2D eigenvalue weighted by atomic mass is 35.5. The van der Waals surface area contributed by atoms with Crippen LogP contribution in [0.15, 0.2) is 36.4 Å². The average Bonchev–Trinajstić information content (AvgIpc) is 2.88. The molecule has 1 aromatic heterocycles. The van der Waals surface area contributed by atoms with Crippen LogP contribution in [0.5, 0.6) is 0 Å². The summed E-state index contributed by atoms with van der Waals surface area (Å²) in [6, 6.07) is 8.38. The molecule has 1 heterocycles. The first-order valence-electron chi connectivity index (χ1n) is 5.98. The predicted octanol–water partition coefficient (Wildman–Crippen LogP) is 3.72. The third kappa shape index (κ3) is 4.27. The van der Waals surface area contributed by atoms with E-state index in [9.17, 15) is 14.0 Å². The summed E-state index contributed by atoms with van der Waals surface area (Å²) in [6.07, 6.45) is -0.983. The van der Waals surface area contributed by atoms with E-state index in [0.717, 1.165) is 11.3 Å². The Kier molecular flexibility index (Phi) is 4.93. The molecule has 0 saturated carbocycles. The van der Waals surface area contributed by atoms with E-state index in [4.69, 9.17) is 16.3 Å². The molecule has 1 aromatic carbocycles. The fourth-order valence-corrected chi connectivity index (χ4v) is 2.40. The zero-order valence-corrected chi connectivity index (χ0v) is 12.5. The van der Waals surface area contributed by atoms with Crippen LogP contribution in [-0.2, 0) is 9.53 Å². The van der Waals surface area contributed by atoms with Crippen LogP contribution < -0.4 is 5.32 Å². The molecule has 110 valence electrons.